The van der Waals surface area contributed by atoms with E-state index >= 15 is 0 Å². The summed E-state index contributed by atoms with van der Waals surface area (Å²) in [4.78, 5) is 13.2. The third-order valence-electron chi connectivity index (χ3n) is 5.54. The number of nitrogens with zero attached hydrogens (tertiary/aromatic N) is 1. The number of benzene rings is 3. The van der Waals surface area contributed by atoms with Gasteiger partial charge in [0.25, 0.3) is 10.0 Å². The third-order valence-corrected chi connectivity index (χ3v) is 7.32. The Kier molecular flexibility index (Phi) is 7.76. The van der Waals surface area contributed by atoms with Crippen LogP contribution in [0, 0.1) is 13.8 Å². The molecule has 174 valence electrons. The van der Waals surface area contributed by atoms with Crippen molar-refractivity contribution in [3.8, 4) is 5.75 Å². The minimum Gasteiger partial charge on any atom is -0.497 e. The van der Waals surface area contributed by atoms with E-state index in [-0.39, 0.29) is 23.4 Å². The van der Waals surface area contributed by atoms with Crippen molar-refractivity contribution in [2.75, 3.05) is 18.0 Å². The van der Waals surface area contributed by atoms with Gasteiger partial charge >= 0.3 is 0 Å². The number of aryl methyl sites for hydroxylation is 2. The average Bonchev–Trinajstić information content (AvgIpc) is 2.82. The molecule has 3 aromatic carbocycles. The SMILES string of the molecule is CC[C@H](NC(=O)CN(c1ccccc1C)S(=O)(=O)c1ccc(C)cc1)c1ccc(OC)cc1. The highest BCUT2D eigenvalue weighted by Gasteiger charge is 2.28. The van der Waals surface area contributed by atoms with Crippen LogP contribution in [0.4, 0.5) is 5.69 Å². The maximum absolute atomic E-state index is 13.6. The van der Waals surface area contributed by atoms with E-state index in [1.54, 1.807) is 43.5 Å². The van der Waals surface area contributed by atoms with Crippen LogP contribution in [0.1, 0.15) is 36.1 Å². The Morgan fingerprint density at radius 3 is 2.18 bits per heavy atom. The lowest BCUT2D eigenvalue weighted by atomic mass is 10.0. The topological polar surface area (TPSA) is 75.7 Å². The van der Waals surface area contributed by atoms with Crippen LogP contribution in [0.25, 0.3) is 0 Å². The minimum atomic E-state index is -3.95. The van der Waals surface area contributed by atoms with Gasteiger partial charge in [-0.15, -0.1) is 0 Å². The molecule has 1 amide bonds. The standard InChI is InChI=1S/C26H30N2O4S/c1-5-24(21-12-14-22(32-4)15-13-21)27-26(29)18-28(25-9-7-6-8-20(25)3)33(30,31)23-16-10-19(2)11-17-23/h6-17,24H,5,18H2,1-4H3,(H,27,29)/t24-/m0/s1. The van der Waals surface area contributed by atoms with Gasteiger partial charge in [0, 0.05) is 0 Å². The molecule has 0 bridgehead atoms. The molecule has 0 unspecified atom stereocenters. The maximum atomic E-state index is 13.6. The van der Waals surface area contributed by atoms with Crippen molar-refractivity contribution >= 4 is 21.6 Å². The molecule has 0 saturated carbocycles. The number of ether oxygens (including phenoxy) is 1. The Balaban J connectivity index is 1.90. The number of nitrogens with one attached hydrogen (secondary N) is 1. The van der Waals surface area contributed by atoms with Crippen molar-refractivity contribution in [3.05, 3.63) is 89.5 Å². The summed E-state index contributed by atoms with van der Waals surface area (Å²) in [7, 11) is -2.35. The second-order valence-corrected chi connectivity index (χ2v) is 9.78. The van der Waals surface area contributed by atoms with Gasteiger partial charge in [-0.2, -0.15) is 0 Å². The van der Waals surface area contributed by atoms with Gasteiger partial charge in [-0.25, -0.2) is 8.42 Å². The smallest absolute Gasteiger partial charge is 0.264 e. The van der Waals surface area contributed by atoms with Gasteiger partial charge in [-0.1, -0.05) is 55.0 Å². The lowest BCUT2D eigenvalue weighted by Crippen LogP contribution is -2.42. The summed E-state index contributed by atoms with van der Waals surface area (Å²) in [6.07, 6.45) is 0.660. The van der Waals surface area contributed by atoms with Crippen molar-refractivity contribution in [2.24, 2.45) is 0 Å². The van der Waals surface area contributed by atoms with E-state index in [4.69, 9.17) is 4.74 Å². The number of carbonyl (C=O) groups excluding carboxylic acids is 1. The molecule has 0 spiro atoms. The molecule has 0 heterocycles. The molecule has 0 aliphatic rings. The Labute approximate surface area is 196 Å². The fourth-order valence-electron chi connectivity index (χ4n) is 3.61. The van der Waals surface area contributed by atoms with Crippen LogP contribution in [0.3, 0.4) is 0 Å². The molecule has 0 radical (unpaired) electrons. The average molecular weight is 467 g/mol. The number of sulfonamides is 1. The van der Waals surface area contributed by atoms with Crippen LogP contribution in [0.15, 0.2) is 77.7 Å². The molecular formula is C26H30N2O4S. The van der Waals surface area contributed by atoms with Crippen LogP contribution >= 0.6 is 0 Å². The van der Waals surface area contributed by atoms with Crippen molar-refractivity contribution in [1.29, 1.82) is 0 Å². The molecule has 3 rings (SSSR count). The Morgan fingerprint density at radius 2 is 1.61 bits per heavy atom. The van der Waals surface area contributed by atoms with E-state index in [0.29, 0.717) is 12.1 Å². The molecule has 0 aromatic heterocycles. The van der Waals surface area contributed by atoms with E-state index in [0.717, 1.165) is 22.4 Å². The maximum Gasteiger partial charge on any atom is 0.264 e. The molecular weight excluding hydrogens is 436 g/mol. The highest BCUT2D eigenvalue weighted by Crippen LogP contribution is 2.27. The zero-order chi connectivity index (χ0) is 24.0. The lowest BCUT2D eigenvalue weighted by molar-refractivity contribution is -0.120. The zero-order valence-corrected chi connectivity index (χ0v) is 20.2. The van der Waals surface area contributed by atoms with Crippen LogP contribution in [-0.2, 0) is 14.8 Å². The van der Waals surface area contributed by atoms with Gasteiger partial charge in [0.2, 0.25) is 5.91 Å². The summed E-state index contributed by atoms with van der Waals surface area (Å²) in [5.74, 6) is 0.353. The normalized spacial score (nSPS) is 12.1. The number of para-hydroxylation sites is 1. The van der Waals surface area contributed by atoms with Gasteiger partial charge in [0.15, 0.2) is 0 Å². The molecule has 6 nitrogen and oxygen atoms in total. The van der Waals surface area contributed by atoms with Gasteiger partial charge < -0.3 is 10.1 Å². The molecule has 3 aromatic rings. The van der Waals surface area contributed by atoms with Crippen molar-refractivity contribution in [3.63, 3.8) is 0 Å². The molecule has 7 heteroatoms. The first-order valence-electron chi connectivity index (χ1n) is 10.8. The largest absolute Gasteiger partial charge is 0.497 e. The summed E-state index contributed by atoms with van der Waals surface area (Å²) in [5, 5.41) is 2.99. The summed E-state index contributed by atoms with van der Waals surface area (Å²) in [5.41, 5.74) is 3.13. The Morgan fingerprint density at radius 1 is 0.970 bits per heavy atom. The fraction of sp³-hybridized carbons (Fsp3) is 0.269. The summed E-state index contributed by atoms with van der Waals surface area (Å²) in [6, 6.07) is 21.0. The Bertz CT molecular complexity index is 1190. The minimum absolute atomic E-state index is 0.145. The zero-order valence-electron chi connectivity index (χ0n) is 19.4. The van der Waals surface area contributed by atoms with Crippen molar-refractivity contribution in [1.82, 2.24) is 5.32 Å². The molecule has 0 saturated heterocycles. The van der Waals surface area contributed by atoms with E-state index in [1.807, 2.05) is 57.2 Å². The number of amides is 1. The highest BCUT2D eigenvalue weighted by atomic mass is 32.2. The van der Waals surface area contributed by atoms with Crippen LogP contribution in [0.5, 0.6) is 5.75 Å². The fourth-order valence-corrected chi connectivity index (χ4v) is 5.09. The summed E-state index contributed by atoms with van der Waals surface area (Å²) < 4.78 is 33.5. The molecule has 1 atom stereocenters. The second kappa shape index (κ2) is 10.5. The van der Waals surface area contributed by atoms with Crippen molar-refractivity contribution < 1.29 is 17.9 Å². The first kappa shape index (κ1) is 24.3. The predicted molar refractivity (Wildman–Crippen MR) is 131 cm³/mol. The molecule has 0 fully saturated rings. The van der Waals surface area contributed by atoms with E-state index in [1.165, 1.54) is 4.31 Å². The van der Waals surface area contributed by atoms with Crippen LogP contribution in [-0.4, -0.2) is 28.0 Å². The van der Waals surface area contributed by atoms with Gasteiger partial charge in [0.1, 0.15) is 12.3 Å². The van der Waals surface area contributed by atoms with E-state index in [9.17, 15) is 13.2 Å². The molecule has 0 aliphatic heterocycles. The van der Waals surface area contributed by atoms with E-state index < -0.39 is 10.0 Å². The summed E-state index contributed by atoms with van der Waals surface area (Å²) in [6.45, 7) is 5.37. The summed E-state index contributed by atoms with van der Waals surface area (Å²) >= 11 is 0. The monoisotopic (exact) mass is 466 g/mol. The molecule has 1 N–H and O–H groups in total. The van der Waals surface area contributed by atoms with Crippen LogP contribution in [0.2, 0.25) is 0 Å². The number of rotatable bonds is 9. The second-order valence-electron chi connectivity index (χ2n) is 7.91. The van der Waals surface area contributed by atoms with E-state index in [2.05, 4.69) is 5.32 Å². The number of carbonyl (C=O) groups is 1. The Hall–Kier alpha value is -3.32. The number of anilines is 1. The first-order chi connectivity index (χ1) is 15.8. The van der Waals surface area contributed by atoms with Gasteiger partial charge in [-0.3, -0.25) is 9.10 Å². The molecule has 0 aliphatic carbocycles. The van der Waals surface area contributed by atoms with Gasteiger partial charge in [-0.05, 0) is 61.7 Å². The quantitative estimate of drug-likeness (QED) is 0.493. The first-order valence-corrected chi connectivity index (χ1v) is 12.3. The number of hydrogen-bond donors (Lipinski definition) is 1. The van der Waals surface area contributed by atoms with Crippen LogP contribution < -0.4 is 14.4 Å². The number of methoxy groups -OCH3 is 1. The number of hydrogen-bond acceptors (Lipinski definition) is 4. The third kappa shape index (κ3) is 5.73. The highest BCUT2D eigenvalue weighted by molar-refractivity contribution is 7.92. The lowest BCUT2D eigenvalue weighted by Gasteiger charge is -2.27. The van der Waals surface area contributed by atoms with Gasteiger partial charge in [0.05, 0.1) is 23.7 Å². The van der Waals surface area contributed by atoms with Crippen molar-refractivity contribution in [2.45, 2.75) is 38.1 Å². The molecule has 33 heavy (non-hydrogen) atoms. The predicted octanol–water partition coefficient (Wildman–Crippen LogP) is 4.77.